The van der Waals surface area contributed by atoms with Crippen LogP contribution in [0.1, 0.15) is 19.3 Å². The monoisotopic (exact) mass is 340 g/mol. The maximum Gasteiger partial charge on any atom is 0.243 e. The Labute approximate surface area is 137 Å². The molecule has 2 heterocycles. The smallest absolute Gasteiger partial charge is 0.243 e. The summed E-state index contributed by atoms with van der Waals surface area (Å²) in [6, 6.07) is 4.76. The van der Waals surface area contributed by atoms with Gasteiger partial charge in [0.2, 0.25) is 10.0 Å². The number of benzene rings is 1. The van der Waals surface area contributed by atoms with Crippen LogP contribution in [0.15, 0.2) is 23.1 Å². The number of sulfonamides is 1. The van der Waals surface area contributed by atoms with Gasteiger partial charge in [-0.25, -0.2) is 8.42 Å². The van der Waals surface area contributed by atoms with Gasteiger partial charge in [0.05, 0.1) is 19.1 Å². The highest BCUT2D eigenvalue weighted by Gasteiger charge is 2.43. The summed E-state index contributed by atoms with van der Waals surface area (Å²) in [7, 11) is -0.461. The van der Waals surface area contributed by atoms with Gasteiger partial charge in [-0.15, -0.1) is 0 Å². The van der Waals surface area contributed by atoms with Gasteiger partial charge < -0.3 is 14.8 Å². The molecule has 2 aliphatic heterocycles. The SMILES string of the molecule is COc1ccc(S(=O)(=O)N2CC[C@]3(CCCNC3)C2)cc1OC. The van der Waals surface area contributed by atoms with Crippen molar-refractivity contribution in [2.75, 3.05) is 40.4 Å². The summed E-state index contributed by atoms with van der Waals surface area (Å²) in [5.74, 6) is 0.961. The summed E-state index contributed by atoms with van der Waals surface area (Å²) >= 11 is 0. The molecule has 1 aromatic rings. The highest BCUT2D eigenvalue weighted by Crippen LogP contribution is 2.39. The average Bonchev–Trinajstić information content (AvgIpc) is 2.99. The fraction of sp³-hybridized carbons (Fsp3) is 0.625. The van der Waals surface area contributed by atoms with Crippen molar-refractivity contribution in [2.45, 2.75) is 24.2 Å². The number of rotatable bonds is 4. The van der Waals surface area contributed by atoms with E-state index >= 15 is 0 Å². The molecule has 128 valence electrons. The van der Waals surface area contributed by atoms with Crippen molar-refractivity contribution in [1.82, 2.24) is 9.62 Å². The lowest BCUT2D eigenvalue weighted by Crippen LogP contribution is -2.42. The Balaban J connectivity index is 1.84. The van der Waals surface area contributed by atoms with Gasteiger partial charge in [0.15, 0.2) is 11.5 Å². The van der Waals surface area contributed by atoms with Crippen molar-refractivity contribution in [1.29, 1.82) is 0 Å². The topological polar surface area (TPSA) is 67.9 Å². The van der Waals surface area contributed by atoms with Crippen LogP contribution < -0.4 is 14.8 Å². The average molecular weight is 340 g/mol. The van der Waals surface area contributed by atoms with Crippen LogP contribution in [0.25, 0.3) is 0 Å². The van der Waals surface area contributed by atoms with Crippen LogP contribution in [0, 0.1) is 5.41 Å². The number of hydrogen-bond donors (Lipinski definition) is 1. The van der Waals surface area contributed by atoms with Gasteiger partial charge in [0.25, 0.3) is 0 Å². The number of nitrogens with one attached hydrogen (secondary N) is 1. The van der Waals surface area contributed by atoms with Gasteiger partial charge in [-0.3, -0.25) is 0 Å². The van der Waals surface area contributed by atoms with Crippen LogP contribution in [0.5, 0.6) is 11.5 Å². The predicted octanol–water partition coefficient (Wildman–Crippen LogP) is 1.47. The first-order chi connectivity index (χ1) is 11.0. The molecule has 1 atom stereocenters. The van der Waals surface area contributed by atoms with Crippen molar-refractivity contribution < 1.29 is 17.9 Å². The lowest BCUT2D eigenvalue weighted by Gasteiger charge is -2.33. The van der Waals surface area contributed by atoms with Gasteiger partial charge in [-0.2, -0.15) is 4.31 Å². The number of hydrogen-bond acceptors (Lipinski definition) is 5. The first-order valence-electron chi connectivity index (χ1n) is 7.94. The fourth-order valence-electron chi connectivity index (χ4n) is 3.60. The zero-order chi connectivity index (χ0) is 16.5. The Bertz CT molecular complexity index is 669. The van der Waals surface area contributed by atoms with Crippen molar-refractivity contribution in [3.63, 3.8) is 0 Å². The number of ether oxygens (including phenoxy) is 2. The van der Waals surface area contributed by atoms with Crippen LogP contribution in [0.3, 0.4) is 0 Å². The molecule has 0 bridgehead atoms. The molecule has 23 heavy (non-hydrogen) atoms. The van der Waals surface area contributed by atoms with Crippen LogP contribution in [0.2, 0.25) is 0 Å². The molecule has 0 unspecified atom stereocenters. The summed E-state index contributed by atoms with van der Waals surface area (Å²) in [6.45, 7) is 3.12. The molecule has 1 spiro atoms. The number of nitrogens with zero attached hydrogens (tertiary/aromatic N) is 1. The molecule has 2 saturated heterocycles. The maximum absolute atomic E-state index is 12.9. The molecule has 7 heteroatoms. The fourth-order valence-corrected chi connectivity index (χ4v) is 5.17. The second-order valence-corrected chi connectivity index (χ2v) is 8.32. The largest absolute Gasteiger partial charge is 0.493 e. The first kappa shape index (κ1) is 16.5. The van der Waals surface area contributed by atoms with E-state index in [4.69, 9.17) is 9.47 Å². The van der Waals surface area contributed by atoms with E-state index in [1.54, 1.807) is 16.4 Å². The third-order valence-electron chi connectivity index (χ3n) is 4.96. The van der Waals surface area contributed by atoms with E-state index in [1.165, 1.54) is 20.3 Å². The standard InChI is InChI=1S/C16H24N2O4S/c1-21-14-5-4-13(10-15(14)22-2)23(19,20)18-9-7-16(12-18)6-3-8-17-11-16/h4-5,10,17H,3,6-9,11-12H2,1-2H3/t16-/m0/s1. The van der Waals surface area contributed by atoms with Gasteiger partial charge in [0, 0.05) is 25.7 Å². The van der Waals surface area contributed by atoms with Crippen LogP contribution >= 0.6 is 0 Å². The van der Waals surface area contributed by atoms with Crippen molar-refractivity contribution in [2.24, 2.45) is 5.41 Å². The summed E-state index contributed by atoms with van der Waals surface area (Å²) in [4.78, 5) is 0.260. The maximum atomic E-state index is 12.9. The third-order valence-corrected chi connectivity index (χ3v) is 6.80. The summed E-state index contributed by atoms with van der Waals surface area (Å²) in [6.07, 6.45) is 3.13. The molecule has 0 aromatic heterocycles. The first-order valence-corrected chi connectivity index (χ1v) is 9.38. The molecule has 1 aromatic carbocycles. The van der Waals surface area contributed by atoms with Crippen LogP contribution in [0.4, 0.5) is 0 Å². The lowest BCUT2D eigenvalue weighted by atomic mass is 9.80. The van der Waals surface area contributed by atoms with Crippen molar-refractivity contribution in [3.8, 4) is 11.5 Å². The van der Waals surface area contributed by atoms with E-state index in [9.17, 15) is 8.42 Å². The quantitative estimate of drug-likeness (QED) is 0.899. The molecular weight excluding hydrogens is 316 g/mol. The van der Waals surface area contributed by atoms with E-state index < -0.39 is 10.0 Å². The second kappa shape index (κ2) is 6.30. The van der Waals surface area contributed by atoms with Gasteiger partial charge in [-0.05, 0) is 43.4 Å². The minimum Gasteiger partial charge on any atom is -0.493 e. The molecule has 6 nitrogen and oxygen atoms in total. The molecule has 3 rings (SSSR count). The third kappa shape index (κ3) is 3.05. The Morgan fingerprint density at radius 3 is 2.61 bits per heavy atom. The van der Waals surface area contributed by atoms with Crippen LogP contribution in [-0.4, -0.2) is 53.1 Å². The number of methoxy groups -OCH3 is 2. The zero-order valence-electron chi connectivity index (χ0n) is 13.7. The van der Waals surface area contributed by atoms with Crippen molar-refractivity contribution in [3.05, 3.63) is 18.2 Å². The van der Waals surface area contributed by atoms with Crippen LogP contribution in [-0.2, 0) is 10.0 Å². The molecule has 0 radical (unpaired) electrons. The van der Waals surface area contributed by atoms with E-state index in [0.29, 0.717) is 24.6 Å². The molecule has 0 aliphatic carbocycles. The summed E-state index contributed by atoms with van der Waals surface area (Å²) in [5, 5.41) is 3.40. The number of piperidine rings is 1. The molecule has 1 N–H and O–H groups in total. The molecule has 0 saturated carbocycles. The lowest BCUT2D eigenvalue weighted by molar-refractivity contribution is 0.224. The van der Waals surface area contributed by atoms with Crippen molar-refractivity contribution >= 4 is 10.0 Å². The molecule has 2 aliphatic rings. The summed E-state index contributed by atoms with van der Waals surface area (Å²) in [5.41, 5.74) is 0.0991. The molecular formula is C16H24N2O4S. The molecule has 0 amide bonds. The van der Waals surface area contributed by atoms with E-state index in [-0.39, 0.29) is 10.3 Å². The highest BCUT2D eigenvalue weighted by atomic mass is 32.2. The Morgan fingerprint density at radius 1 is 1.17 bits per heavy atom. The zero-order valence-corrected chi connectivity index (χ0v) is 14.5. The van der Waals surface area contributed by atoms with E-state index in [1.807, 2.05) is 0 Å². The minimum atomic E-state index is -3.50. The Hall–Kier alpha value is -1.31. The minimum absolute atomic E-state index is 0.0991. The Kier molecular flexibility index (Phi) is 4.53. The van der Waals surface area contributed by atoms with Gasteiger partial charge in [-0.1, -0.05) is 0 Å². The van der Waals surface area contributed by atoms with Gasteiger partial charge >= 0.3 is 0 Å². The van der Waals surface area contributed by atoms with E-state index in [2.05, 4.69) is 5.32 Å². The second-order valence-electron chi connectivity index (χ2n) is 6.39. The van der Waals surface area contributed by atoms with Gasteiger partial charge in [0.1, 0.15) is 0 Å². The normalized spacial score (nSPS) is 25.7. The summed E-state index contributed by atoms with van der Waals surface area (Å²) < 4.78 is 37.9. The Morgan fingerprint density at radius 2 is 1.96 bits per heavy atom. The predicted molar refractivity (Wildman–Crippen MR) is 87.5 cm³/mol. The van der Waals surface area contributed by atoms with E-state index in [0.717, 1.165) is 32.4 Å². The molecule has 2 fully saturated rings. The highest BCUT2D eigenvalue weighted by molar-refractivity contribution is 7.89.